The molecule has 0 bridgehead atoms. The number of carbonyl (C=O) groups excluding carboxylic acids is 2. The number of nitriles is 1. The highest BCUT2D eigenvalue weighted by Gasteiger charge is 2.44. The minimum atomic E-state index is -0.440. The lowest BCUT2D eigenvalue weighted by Crippen LogP contribution is -2.43. The maximum absolute atomic E-state index is 14.2. The Morgan fingerprint density at radius 1 is 1.12 bits per heavy atom. The van der Waals surface area contributed by atoms with Gasteiger partial charge in [-0.25, -0.2) is 9.37 Å². The molecule has 2 aromatic carbocycles. The van der Waals surface area contributed by atoms with Gasteiger partial charge in [-0.05, 0) is 73.7 Å². The monoisotopic (exact) mass is 678 g/mol. The predicted octanol–water partition coefficient (Wildman–Crippen LogP) is 4.05. The molecule has 3 saturated heterocycles. The Morgan fingerprint density at radius 2 is 1.92 bits per heavy atom. The summed E-state index contributed by atoms with van der Waals surface area (Å²) in [6.45, 7) is 7.96. The normalized spacial score (nSPS) is 20.8. The van der Waals surface area contributed by atoms with Gasteiger partial charge in [0.15, 0.2) is 5.82 Å². The van der Waals surface area contributed by atoms with Crippen LogP contribution in [-0.2, 0) is 29.0 Å². The summed E-state index contributed by atoms with van der Waals surface area (Å²) < 4.78 is 21.9. The summed E-state index contributed by atoms with van der Waals surface area (Å²) in [6.07, 6.45) is 6.59. The summed E-state index contributed by atoms with van der Waals surface area (Å²) in [7, 11) is 3.33. The summed E-state index contributed by atoms with van der Waals surface area (Å²) in [5.74, 6) is 0.0600. The van der Waals surface area contributed by atoms with Crippen LogP contribution in [0, 0.1) is 29.5 Å². The zero-order valence-corrected chi connectivity index (χ0v) is 28.9. The van der Waals surface area contributed by atoms with Crippen LogP contribution in [0.1, 0.15) is 57.7 Å². The standard InChI is InChI=1S/C38H43FN8O3/c1-25-27(5-7-34-31(25)18-29(19-40)47(34)13-8-30-20-43-35(48)22-50-30)21-45-14-9-38(23-45)10-15-46(24-38)36-33(41-11-12-42-36)16-26-4-6-28(39)17-32(26)37(49)44(2)3/h4-7,11-12,17-18,30H,8-10,13-16,20-24H2,1-3H3,(H,43,48). The van der Waals surface area contributed by atoms with E-state index in [0.29, 0.717) is 37.2 Å². The van der Waals surface area contributed by atoms with Crippen LogP contribution in [0.25, 0.3) is 10.9 Å². The van der Waals surface area contributed by atoms with E-state index in [4.69, 9.17) is 9.72 Å². The van der Waals surface area contributed by atoms with E-state index in [9.17, 15) is 19.2 Å². The van der Waals surface area contributed by atoms with E-state index in [1.807, 2.05) is 6.07 Å². The number of aromatic nitrogens is 3. The number of amides is 2. The van der Waals surface area contributed by atoms with Crippen molar-refractivity contribution in [3.05, 3.63) is 88.3 Å². The lowest BCUT2D eigenvalue weighted by atomic mass is 9.86. The summed E-state index contributed by atoms with van der Waals surface area (Å²) in [6, 6.07) is 13.1. The lowest BCUT2D eigenvalue weighted by molar-refractivity contribution is -0.133. The molecule has 2 aromatic heterocycles. The largest absolute Gasteiger partial charge is 0.367 e. The van der Waals surface area contributed by atoms with Crippen molar-refractivity contribution in [1.29, 1.82) is 5.26 Å². The van der Waals surface area contributed by atoms with E-state index in [0.717, 1.165) is 73.5 Å². The van der Waals surface area contributed by atoms with Gasteiger partial charge in [-0.2, -0.15) is 5.26 Å². The van der Waals surface area contributed by atoms with Crippen molar-refractivity contribution in [3.63, 3.8) is 0 Å². The van der Waals surface area contributed by atoms with Crippen molar-refractivity contribution >= 4 is 28.5 Å². The van der Waals surface area contributed by atoms with Crippen LogP contribution in [0.3, 0.4) is 0 Å². The van der Waals surface area contributed by atoms with Crippen molar-refractivity contribution < 1.29 is 18.7 Å². The summed E-state index contributed by atoms with van der Waals surface area (Å²) in [4.78, 5) is 40.1. The first-order chi connectivity index (χ1) is 24.1. The first kappa shape index (κ1) is 33.6. The number of ether oxygens (including phenoxy) is 1. The Labute approximate surface area is 291 Å². The average Bonchev–Trinajstić information content (AvgIpc) is 3.83. The average molecular weight is 679 g/mol. The first-order valence-corrected chi connectivity index (χ1v) is 17.3. The van der Waals surface area contributed by atoms with Gasteiger partial charge in [0.05, 0.1) is 11.8 Å². The Morgan fingerprint density at radius 3 is 2.70 bits per heavy atom. The second-order valence-electron chi connectivity index (χ2n) is 14.2. The molecule has 3 fully saturated rings. The molecule has 2 atom stereocenters. The fourth-order valence-corrected chi connectivity index (χ4v) is 7.94. The van der Waals surface area contributed by atoms with E-state index in [1.165, 1.54) is 28.2 Å². The Kier molecular flexibility index (Phi) is 9.28. The van der Waals surface area contributed by atoms with E-state index < -0.39 is 5.82 Å². The Hall–Kier alpha value is -4.86. The molecule has 0 radical (unpaired) electrons. The number of aryl methyl sites for hydroxylation is 2. The fourth-order valence-electron chi connectivity index (χ4n) is 7.94. The molecule has 2 unspecified atom stereocenters. The number of likely N-dealkylation sites (tertiary alicyclic amines) is 1. The van der Waals surface area contributed by atoms with Crippen LogP contribution in [0.15, 0.2) is 48.8 Å². The number of nitrogens with one attached hydrogen (secondary N) is 1. The third-order valence-electron chi connectivity index (χ3n) is 10.7. The van der Waals surface area contributed by atoms with Gasteiger partial charge in [0.2, 0.25) is 5.91 Å². The minimum absolute atomic E-state index is 0.0620. The third kappa shape index (κ3) is 6.67. The first-order valence-electron chi connectivity index (χ1n) is 17.3. The smallest absolute Gasteiger partial charge is 0.253 e. The van der Waals surface area contributed by atoms with Gasteiger partial charge in [-0.15, -0.1) is 0 Å². The molecule has 11 nitrogen and oxygen atoms in total. The van der Waals surface area contributed by atoms with Crippen LogP contribution in [0.2, 0.25) is 0 Å². The van der Waals surface area contributed by atoms with E-state index in [1.54, 1.807) is 32.6 Å². The molecule has 7 rings (SSSR count). The Balaban J connectivity index is 1.03. The second kappa shape index (κ2) is 13.8. The van der Waals surface area contributed by atoms with Crippen molar-refractivity contribution in [2.75, 3.05) is 58.3 Å². The topological polar surface area (TPSA) is 120 Å². The van der Waals surface area contributed by atoms with Crippen LogP contribution in [0.4, 0.5) is 10.2 Å². The minimum Gasteiger partial charge on any atom is -0.367 e. The SMILES string of the molecule is Cc1c(CN2CCC3(CCN(c4nccnc4Cc4ccc(F)cc4C(=O)N(C)C)C3)C2)ccc2c1cc(C#N)n2CCC1CNC(=O)CO1. The van der Waals surface area contributed by atoms with Crippen LogP contribution >= 0.6 is 0 Å². The highest BCUT2D eigenvalue weighted by molar-refractivity contribution is 5.95. The summed E-state index contributed by atoms with van der Waals surface area (Å²) >= 11 is 0. The second-order valence-corrected chi connectivity index (χ2v) is 14.2. The van der Waals surface area contributed by atoms with Crippen molar-refractivity contribution in [1.82, 2.24) is 29.7 Å². The van der Waals surface area contributed by atoms with Gasteiger partial charge < -0.3 is 24.4 Å². The number of carbonyl (C=O) groups is 2. The highest BCUT2D eigenvalue weighted by atomic mass is 19.1. The zero-order chi connectivity index (χ0) is 35.0. The van der Waals surface area contributed by atoms with Crippen molar-refractivity contribution in [2.45, 2.75) is 51.8 Å². The molecule has 2 amide bonds. The number of rotatable bonds is 9. The number of benzene rings is 2. The molecule has 260 valence electrons. The number of morpholine rings is 1. The number of fused-ring (bicyclic) bond motifs is 1. The maximum atomic E-state index is 14.2. The predicted molar refractivity (Wildman–Crippen MR) is 187 cm³/mol. The Bertz CT molecular complexity index is 1980. The summed E-state index contributed by atoms with van der Waals surface area (Å²) in [5, 5.41) is 13.9. The van der Waals surface area contributed by atoms with E-state index in [2.05, 4.69) is 49.8 Å². The molecular formula is C38H43FN8O3. The molecular weight excluding hydrogens is 635 g/mol. The third-order valence-corrected chi connectivity index (χ3v) is 10.7. The number of nitrogens with zero attached hydrogens (tertiary/aromatic N) is 7. The molecule has 3 aliphatic rings. The van der Waals surface area contributed by atoms with Gasteiger partial charge in [-0.1, -0.05) is 12.1 Å². The number of hydrogen-bond acceptors (Lipinski definition) is 8. The van der Waals surface area contributed by atoms with Gasteiger partial charge >= 0.3 is 0 Å². The maximum Gasteiger partial charge on any atom is 0.253 e. The quantitative estimate of drug-likeness (QED) is 0.282. The molecule has 5 heterocycles. The van der Waals surface area contributed by atoms with Crippen LogP contribution in [-0.4, -0.2) is 95.7 Å². The van der Waals surface area contributed by atoms with Crippen LogP contribution < -0.4 is 10.2 Å². The molecule has 4 aromatic rings. The summed E-state index contributed by atoms with van der Waals surface area (Å²) in [5.41, 5.74) is 6.14. The molecule has 50 heavy (non-hydrogen) atoms. The van der Waals surface area contributed by atoms with Gasteiger partial charge in [0.25, 0.3) is 5.91 Å². The van der Waals surface area contributed by atoms with Gasteiger partial charge in [-0.3, -0.25) is 19.5 Å². The zero-order valence-electron chi connectivity index (χ0n) is 28.9. The highest BCUT2D eigenvalue weighted by Crippen LogP contribution is 2.42. The van der Waals surface area contributed by atoms with Crippen LogP contribution in [0.5, 0.6) is 0 Å². The number of anilines is 1. The lowest BCUT2D eigenvalue weighted by Gasteiger charge is -2.26. The van der Waals surface area contributed by atoms with Crippen molar-refractivity contribution in [2.24, 2.45) is 5.41 Å². The van der Waals surface area contributed by atoms with E-state index >= 15 is 0 Å². The van der Waals surface area contributed by atoms with Gasteiger partial charge in [0.1, 0.15) is 24.2 Å². The molecule has 1 spiro atoms. The van der Waals surface area contributed by atoms with E-state index in [-0.39, 0.29) is 29.9 Å². The van der Waals surface area contributed by atoms with Crippen molar-refractivity contribution in [3.8, 4) is 6.07 Å². The molecule has 1 N–H and O–H groups in total. The number of hydrogen-bond donors (Lipinski definition) is 1. The molecule has 3 aliphatic heterocycles. The molecule has 12 heteroatoms. The van der Waals surface area contributed by atoms with Gasteiger partial charge in [0, 0.05) is 94.1 Å². The molecule has 0 saturated carbocycles. The number of halogens is 1. The molecule has 0 aliphatic carbocycles. The fraction of sp³-hybridized carbons (Fsp3) is 0.447.